The van der Waals surface area contributed by atoms with Crippen LogP contribution in [0.3, 0.4) is 0 Å². The lowest BCUT2D eigenvalue weighted by molar-refractivity contribution is -0.123. The minimum atomic E-state index is -0.840. The second kappa shape index (κ2) is 28.2. The van der Waals surface area contributed by atoms with Crippen molar-refractivity contribution in [3.8, 4) is 0 Å². The fourth-order valence-corrected chi connectivity index (χ4v) is 4.20. The van der Waals surface area contributed by atoms with Crippen molar-refractivity contribution in [2.45, 2.75) is 154 Å². The van der Waals surface area contributed by atoms with Gasteiger partial charge in [-0.3, -0.25) is 4.79 Å². The zero-order valence-corrected chi connectivity index (χ0v) is 23.8. The highest BCUT2D eigenvalue weighted by Crippen LogP contribution is 2.10. The van der Waals surface area contributed by atoms with E-state index in [2.05, 4.69) is 43.5 Å². The molecule has 0 fully saturated rings. The summed E-state index contributed by atoms with van der Waals surface area (Å²) in [4.78, 5) is 12.2. The number of rotatable bonds is 26. The summed E-state index contributed by atoms with van der Waals surface area (Å²) in [6, 6.07) is -0.624. The monoisotopic (exact) mass is 505 g/mol. The molecule has 4 heteroatoms. The zero-order chi connectivity index (χ0) is 26.5. The van der Waals surface area contributed by atoms with E-state index >= 15 is 0 Å². The predicted molar refractivity (Wildman–Crippen MR) is 156 cm³/mol. The molecule has 210 valence electrons. The van der Waals surface area contributed by atoms with Crippen LogP contribution < -0.4 is 5.32 Å². The van der Waals surface area contributed by atoms with Crippen LogP contribution in [0.1, 0.15) is 142 Å². The van der Waals surface area contributed by atoms with Crippen molar-refractivity contribution in [1.82, 2.24) is 5.32 Å². The molecule has 3 N–H and O–H groups in total. The van der Waals surface area contributed by atoms with Crippen LogP contribution in [0.15, 0.2) is 36.5 Å². The number of carbonyl (C=O) groups is 1. The van der Waals surface area contributed by atoms with Crippen molar-refractivity contribution in [1.29, 1.82) is 0 Å². The number of carbonyl (C=O) groups excluding carboxylic acids is 1. The van der Waals surface area contributed by atoms with Crippen molar-refractivity contribution in [3.05, 3.63) is 36.5 Å². The maximum atomic E-state index is 12.2. The first-order valence-electron chi connectivity index (χ1n) is 15.2. The Hall–Kier alpha value is -1.39. The first kappa shape index (κ1) is 34.6. The van der Waals surface area contributed by atoms with Crippen LogP contribution in [0.5, 0.6) is 0 Å². The lowest BCUT2D eigenvalue weighted by atomic mass is 10.1. The molecule has 0 rings (SSSR count). The van der Waals surface area contributed by atoms with E-state index in [1.165, 1.54) is 77.0 Å². The lowest BCUT2D eigenvalue weighted by Gasteiger charge is -2.20. The number of unbranched alkanes of at least 4 members (excludes halogenated alkanes) is 15. The molecule has 0 aromatic rings. The van der Waals surface area contributed by atoms with Crippen LogP contribution >= 0.6 is 0 Å². The van der Waals surface area contributed by atoms with Crippen LogP contribution in [-0.4, -0.2) is 34.9 Å². The van der Waals surface area contributed by atoms with Crippen molar-refractivity contribution < 1.29 is 15.0 Å². The third kappa shape index (κ3) is 24.3. The molecule has 2 unspecified atom stereocenters. The SMILES string of the molecule is CCCCC/C=C\C/C=C\CCCCCCCC(=O)NC(CO)C(O)/C=C/CCCCCCCCC. The normalized spacial score (nSPS) is 13.8. The molecule has 2 atom stereocenters. The molecule has 0 aliphatic rings. The highest BCUT2D eigenvalue weighted by atomic mass is 16.3. The summed E-state index contributed by atoms with van der Waals surface area (Å²) < 4.78 is 0. The summed E-state index contributed by atoms with van der Waals surface area (Å²) in [5.74, 6) is -0.0840. The van der Waals surface area contributed by atoms with Gasteiger partial charge in [-0.15, -0.1) is 0 Å². The van der Waals surface area contributed by atoms with Crippen molar-refractivity contribution in [3.63, 3.8) is 0 Å². The molecule has 0 aromatic heterocycles. The summed E-state index contributed by atoms with van der Waals surface area (Å²) in [6.07, 6.45) is 35.0. The topological polar surface area (TPSA) is 69.6 Å². The molecule has 0 bridgehead atoms. The van der Waals surface area contributed by atoms with Crippen molar-refractivity contribution in [2.75, 3.05) is 6.61 Å². The summed E-state index contributed by atoms with van der Waals surface area (Å²) in [6.45, 7) is 4.22. The molecule has 0 saturated carbocycles. The maximum Gasteiger partial charge on any atom is 0.220 e. The first-order valence-corrected chi connectivity index (χ1v) is 15.2. The molecule has 0 heterocycles. The lowest BCUT2D eigenvalue weighted by Crippen LogP contribution is -2.45. The highest BCUT2D eigenvalue weighted by Gasteiger charge is 2.17. The molecule has 0 aromatic carbocycles. The van der Waals surface area contributed by atoms with Gasteiger partial charge in [0.15, 0.2) is 0 Å². The van der Waals surface area contributed by atoms with Crippen LogP contribution in [0, 0.1) is 0 Å². The smallest absolute Gasteiger partial charge is 0.220 e. The Morgan fingerprint density at radius 3 is 1.72 bits per heavy atom. The number of hydrogen-bond acceptors (Lipinski definition) is 3. The van der Waals surface area contributed by atoms with Crippen LogP contribution in [-0.2, 0) is 4.79 Å². The maximum absolute atomic E-state index is 12.2. The van der Waals surface area contributed by atoms with E-state index in [1.807, 2.05) is 6.08 Å². The van der Waals surface area contributed by atoms with Crippen molar-refractivity contribution in [2.24, 2.45) is 0 Å². The van der Waals surface area contributed by atoms with E-state index in [9.17, 15) is 15.0 Å². The second-order valence-electron chi connectivity index (χ2n) is 10.2. The van der Waals surface area contributed by atoms with Gasteiger partial charge in [-0.25, -0.2) is 0 Å². The van der Waals surface area contributed by atoms with Gasteiger partial charge in [-0.05, 0) is 51.4 Å². The Kier molecular flexibility index (Phi) is 27.1. The van der Waals surface area contributed by atoms with Crippen molar-refractivity contribution >= 4 is 5.91 Å². The Labute approximate surface area is 223 Å². The first-order chi connectivity index (χ1) is 17.7. The van der Waals surface area contributed by atoms with E-state index in [0.29, 0.717) is 6.42 Å². The van der Waals surface area contributed by atoms with Crippen LogP contribution in [0.2, 0.25) is 0 Å². The number of allylic oxidation sites excluding steroid dienone is 5. The summed E-state index contributed by atoms with van der Waals surface area (Å²) in [5, 5.41) is 22.7. The summed E-state index contributed by atoms with van der Waals surface area (Å²) in [7, 11) is 0. The molecule has 0 spiro atoms. The average Bonchev–Trinajstić information content (AvgIpc) is 2.88. The standard InChI is InChI=1S/C32H59NO3/c1-3-5-7-9-11-13-14-15-16-17-18-20-22-24-26-28-32(36)33-30(29-34)31(35)27-25-23-21-19-12-10-8-6-4-2/h11,13,15-16,25,27,30-31,34-35H,3-10,12,14,17-24,26,28-29H2,1-2H3,(H,33,36)/b13-11-,16-15-,27-25+. The number of nitrogens with one attached hydrogen (secondary N) is 1. The number of hydrogen-bond donors (Lipinski definition) is 3. The van der Waals surface area contributed by atoms with Gasteiger partial charge in [-0.1, -0.05) is 121 Å². The average molecular weight is 506 g/mol. The predicted octanol–water partition coefficient (Wildman–Crippen LogP) is 8.33. The molecule has 0 aliphatic carbocycles. The number of aliphatic hydroxyl groups excluding tert-OH is 2. The third-order valence-corrected chi connectivity index (χ3v) is 6.62. The minimum absolute atomic E-state index is 0.0840. The number of amides is 1. The molecule has 36 heavy (non-hydrogen) atoms. The summed E-state index contributed by atoms with van der Waals surface area (Å²) in [5.41, 5.74) is 0. The van der Waals surface area contributed by atoms with Gasteiger partial charge in [0.1, 0.15) is 0 Å². The Morgan fingerprint density at radius 2 is 1.14 bits per heavy atom. The van der Waals surface area contributed by atoms with E-state index < -0.39 is 12.1 Å². The molecule has 1 amide bonds. The Bertz CT molecular complexity index is 556. The minimum Gasteiger partial charge on any atom is -0.394 e. The van der Waals surface area contributed by atoms with E-state index in [-0.39, 0.29) is 12.5 Å². The third-order valence-electron chi connectivity index (χ3n) is 6.62. The second-order valence-corrected chi connectivity index (χ2v) is 10.2. The largest absolute Gasteiger partial charge is 0.394 e. The van der Waals surface area contributed by atoms with E-state index in [0.717, 1.165) is 44.9 Å². The quantitative estimate of drug-likeness (QED) is 0.0817. The van der Waals surface area contributed by atoms with Gasteiger partial charge in [-0.2, -0.15) is 0 Å². The Balaban J connectivity index is 3.72. The Morgan fingerprint density at radius 1 is 0.667 bits per heavy atom. The van der Waals surface area contributed by atoms with Gasteiger partial charge in [0.2, 0.25) is 5.91 Å². The molecule has 0 radical (unpaired) electrons. The van der Waals surface area contributed by atoms with Gasteiger partial charge in [0, 0.05) is 6.42 Å². The van der Waals surface area contributed by atoms with Gasteiger partial charge in [0.25, 0.3) is 0 Å². The van der Waals surface area contributed by atoms with Gasteiger partial charge in [0.05, 0.1) is 18.8 Å². The zero-order valence-electron chi connectivity index (χ0n) is 23.8. The molecule has 4 nitrogen and oxygen atoms in total. The number of aliphatic hydroxyl groups is 2. The molecular formula is C32H59NO3. The molecular weight excluding hydrogens is 446 g/mol. The van der Waals surface area contributed by atoms with Gasteiger partial charge < -0.3 is 15.5 Å². The fraction of sp³-hybridized carbons (Fsp3) is 0.781. The van der Waals surface area contributed by atoms with E-state index in [1.54, 1.807) is 6.08 Å². The van der Waals surface area contributed by atoms with E-state index in [4.69, 9.17) is 0 Å². The molecule has 0 aliphatic heterocycles. The fourth-order valence-electron chi connectivity index (χ4n) is 4.20. The molecule has 0 saturated heterocycles. The highest BCUT2D eigenvalue weighted by molar-refractivity contribution is 5.76. The van der Waals surface area contributed by atoms with Gasteiger partial charge >= 0.3 is 0 Å². The van der Waals surface area contributed by atoms with Crippen LogP contribution in [0.25, 0.3) is 0 Å². The van der Waals surface area contributed by atoms with Crippen LogP contribution in [0.4, 0.5) is 0 Å². The summed E-state index contributed by atoms with van der Waals surface area (Å²) >= 11 is 0.